The van der Waals surface area contributed by atoms with Crippen molar-refractivity contribution in [3.63, 3.8) is 0 Å². The van der Waals surface area contributed by atoms with Crippen LogP contribution in [0.2, 0.25) is 0 Å². The van der Waals surface area contributed by atoms with E-state index in [2.05, 4.69) is 51.1 Å². The number of hydrogen-bond acceptors (Lipinski definition) is 8. The number of nitrogens with one attached hydrogen (secondary N) is 1. The molecular formula is C43H53N5O6. The van der Waals surface area contributed by atoms with Crippen LogP contribution >= 0.6 is 0 Å². The lowest BCUT2D eigenvalue weighted by atomic mass is 9.47. The molecule has 0 radical (unpaired) electrons. The fourth-order valence-corrected chi connectivity index (χ4v) is 14.9. The van der Waals surface area contributed by atoms with Crippen LogP contribution in [0.3, 0.4) is 0 Å². The third-order valence-corrected chi connectivity index (χ3v) is 17.0. The molecule has 11 heteroatoms. The van der Waals surface area contributed by atoms with E-state index in [0.29, 0.717) is 29.6 Å². The van der Waals surface area contributed by atoms with Gasteiger partial charge in [-0.15, -0.1) is 6.58 Å². The van der Waals surface area contributed by atoms with Gasteiger partial charge in [0.15, 0.2) is 11.5 Å². The number of amides is 2. The Morgan fingerprint density at radius 3 is 2.59 bits per heavy atom. The van der Waals surface area contributed by atoms with Crippen LogP contribution < -0.4 is 10.4 Å². The number of imidazole rings is 1. The molecule has 2 spiro atoms. The summed E-state index contributed by atoms with van der Waals surface area (Å²) in [5.74, 6) is -3.46. The van der Waals surface area contributed by atoms with Gasteiger partial charge in [-0.3, -0.25) is 19.3 Å². The number of carbonyl (C=O) groups is 2. The van der Waals surface area contributed by atoms with Crippen molar-refractivity contribution in [3.8, 4) is 0 Å². The number of para-hydroxylation sites is 1. The molecule has 10 rings (SSSR count). The largest absolute Gasteiger partial charge is 0.503 e. The molecule has 6 fully saturated rings. The molecule has 11 nitrogen and oxygen atoms in total. The first-order valence-corrected chi connectivity index (χ1v) is 19.6. The van der Waals surface area contributed by atoms with Gasteiger partial charge in [-0.2, -0.15) is 0 Å². The van der Waals surface area contributed by atoms with E-state index in [4.69, 9.17) is 14.6 Å². The molecule has 2 amide bonds. The van der Waals surface area contributed by atoms with Crippen LogP contribution in [-0.2, 0) is 24.6 Å². The smallest absolute Gasteiger partial charge is 0.296 e. The summed E-state index contributed by atoms with van der Waals surface area (Å²) >= 11 is 0. The zero-order chi connectivity index (χ0) is 38.4. The Kier molecular flexibility index (Phi) is 6.33. The summed E-state index contributed by atoms with van der Waals surface area (Å²) in [6.45, 7) is 20.1. The standard InChI is InChI=1S/C43H53N5O6/c1-10-37(5,6)41-19-30(49)35(51)47-28(34(50)45-43(41,47)48(53-9)27-14-12-11-13-26(27)41)17-25-21-46(23-44-25)29-18-42(52)39(8)20-31(54-42)32-33-36(3,4)15-16-38(33,7)22-40(32,39)24(29)2/h10-14,17,19,21,23-24,29,31-33,49,52H,1,15-16,18,20,22H2,2-9H3,(H,45,50)/b28-17+/t24-,29-,31+,32-,33+,38+,39+,40-,41+,42-,43+/m1/s1. The second-order valence-corrected chi connectivity index (χ2v) is 19.7. The van der Waals surface area contributed by atoms with Gasteiger partial charge in [0.2, 0.25) is 5.79 Å². The maximum atomic E-state index is 14.3. The lowest BCUT2D eigenvalue weighted by Gasteiger charge is -2.63. The van der Waals surface area contributed by atoms with Crippen molar-refractivity contribution in [2.75, 3.05) is 12.2 Å². The molecular weight excluding hydrogens is 683 g/mol. The normalized spacial score (nSPS) is 45.6. The molecule has 3 N–H and O–H groups in total. The fourth-order valence-electron chi connectivity index (χ4n) is 14.9. The second kappa shape index (κ2) is 9.89. The number of hydroxylamine groups is 1. The zero-order valence-electron chi connectivity index (χ0n) is 32.6. The maximum absolute atomic E-state index is 14.3. The average molecular weight is 736 g/mol. The third-order valence-electron chi connectivity index (χ3n) is 17.0. The first-order chi connectivity index (χ1) is 25.3. The number of aromatic nitrogens is 2. The van der Waals surface area contributed by atoms with Crippen molar-refractivity contribution in [2.45, 2.75) is 110 Å². The van der Waals surface area contributed by atoms with Crippen LogP contribution in [0.15, 0.2) is 67.0 Å². The Labute approximate surface area is 317 Å². The van der Waals surface area contributed by atoms with Crippen LogP contribution in [0, 0.1) is 44.8 Å². The highest BCUT2D eigenvalue weighted by Gasteiger charge is 2.86. The van der Waals surface area contributed by atoms with Gasteiger partial charge in [-0.1, -0.05) is 72.7 Å². The van der Waals surface area contributed by atoms with Crippen LogP contribution in [0.1, 0.15) is 97.9 Å². The van der Waals surface area contributed by atoms with E-state index in [1.165, 1.54) is 24.9 Å². The van der Waals surface area contributed by atoms with Crippen molar-refractivity contribution < 1.29 is 29.4 Å². The summed E-state index contributed by atoms with van der Waals surface area (Å²) in [7, 11) is 1.50. The Balaban J connectivity index is 1.07. The lowest BCUT2D eigenvalue weighted by Crippen LogP contribution is -2.76. The van der Waals surface area contributed by atoms with Gasteiger partial charge >= 0.3 is 0 Å². The molecule has 4 aliphatic carbocycles. The minimum Gasteiger partial charge on any atom is -0.503 e. The third kappa shape index (κ3) is 3.40. The number of carbonyl (C=O) groups excluding carboxylic acids is 2. The maximum Gasteiger partial charge on any atom is 0.296 e. The molecule has 11 atom stereocenters. The van der Waals surface area contributed by atoms with Crippen molar-refractivity contribution in [3.05, 3.63) is 78.2 Å². The summed E-state index contributed by atoms with van der Waals surface area (Å²) in [5.41, 5.74) is -0.144. The molecule has 8 aliphatic rings. The minimum absolute atomic E-state index is 0.0327. The van der Waals surface area contributed by atoms with Gasteiger partial charge in [0, 0.05) is 29.5 Å². The van der Waals surface area contributed by atoms with Gasteiger partial charge in [-0.05, 0) is 83.5 Å². The van der Waals surface area contributed by atoms with Gasteiger partial charge < -0.3 is 24.8 Å². The monoisotopic (exact) mass is 735 g/mol. The van der Waals surface area contributed by atoms with Crippen LogP contribution in [-0.4, -0.2) is 61.3 Å². The minimum atomic E-state index is -1.61. The predicted octanol–water partition coefficient (Wildman–Crippen LogP) is 6.35. The van der Waals surface area contributed by atoms with Crippen LogP contribution in [0.25, 0.3) is 6.08 Å². The van der Waals surface area contributed by atoms with Crippen molar-refractivity contribution in [1.82, 2.24) is 19.8 Å². The summed E-state index contributed by atoms with van der Waals surface area (Å²) in [4.78, 5) is 40.8. The van der Waals surface area contributed by atoms with E-state index in [1.54, 1.807) is 29.6 Å². The molecule has 0 unspecified atom stereocenters. The van der Waals surface area contributed by atoms with E-state index in [1.807, 2.05) is 44.3 Å². The number of rotatable bonds is 5. The number of hydrogen-bond donors (Lipinski definition) is 3. The highest BCUT2D eigenvalue weighted by atomic mass is 16.7. The Morgan fingerprint density at radius 2 is 1.87 bits per heavy atom. The summed E-state index contributed by atoms with van der Waals surface area (Å²) in [5, 5.41) is 28.7. The SMILES string of the molecule is C=CC(C)(C)[C@@]12C=C(O)C(=O)N3/C(=C/c4cn([C@@H]5C[C@@]6(O)O[C@H]7C[C@@]6(C)[C@]6(C[C@]8(C)CCC(C)(C)[C@@H]8[C@@H]76)[C@@H]5C)cn4)C(=O)N[C@]31N(OC)c1ccccc12. The number of ether oxygens (including phenoxy) is 1. The summed E-state index contributed by atoms with van der Waals surface area (Å²) in [6.07, 6.45) is 13.5. The topological polar surface area (TPSA) is 129 Å². The van der Waals surface area contributed by atoms with E-state index in [0.717, 1.165) is 18.4 Å². The molecule has 4 saturated carbocycles. The first-order valence-electron chi connectivity index (χ1n) is 19.6. The first kappa shape index (κ1) is 34.6. The van der Waals surface area contributed by atoms with Gasteiger partial charge in [0.05, 0.1) is 36.3 Å². The highest BCUT2D eigenvalue weighted by Crippen LogP contribution is 2.86. The van der Waals surface area contributed by atoms with E-state index in [9.17, 15) is 19.8 Å². The quantitative estimate of drug-likeness (QED) is 0.240. The Hall–Kier alpha value is -3.93. The molecule has 4 aliphatic heterocycles. The van der Waals surface area contributed by atoms with Gasteiger partial charge in [0.1, 0.15) is 5.70 Å². The van der Waals surface area contributed by atoms with Crippen LogP contribution in [0.4, 0.5) is 5.69 Å². The number of benzene rings is 1. The fraction of sp³-hybridized carbons (Fsp3) is 0.605. The molecule has 286 valence electrons. The number of allylic oxidation sites excluding steroid dienone is 1. The molecule has 54 heavy (non-hydrogen) atoms. The summed E-state index contributed by atoms with van der Waals surface area (Å²) < 4.78 is 8.87. The van der Waals surface area contributed by atoms with Crippen LogP contribution in [0.5, 0.6) is 0 Å². The molecule has 2 bridgehead atoms. The molecule has 1 aromatic carbocycles. The van der Waals surface area contributed by atoms with Crippen molar-refractivity contribution >= 4 is 23.6 Å². The number of aliphatic hydroxyl groups is 2. The predicted molar refractivity (Wildman–Crippen MR) is 201 cm³/mol. The Morgan fingerprint density at radius 1 is 1.13 bits per heavy atom. The number of nitrogens with zero attached hydrogens (tertiary/aromatic N) is 4. The molecule has 2 aromatic rings. The van der Waals surface area contributed by atoms with E-state index in [-0.39, 0.29) is 45.4 Å². The Bertz CT molecular complexity index is 2140. The number of fused-ring (bicyclic) bond motifs is 6. The second-order valence-electron chi connectivity index (χ2n) is 19.7. The van der Waals surface area contributed by atoms with E-state index < -0.39 is 40.0 Å². The van der Waals surface area contributed by atoms with Gasteiger partial charge in [0.25, 0.3) is 11.8 Å². The van der Waals surface area contributed by atoms with Gasteiger partial charge in [-0.25, -0.2) is 10.0 Å². The number of aliphatic hydroxyl groups excluding tert-OH is 1. The lowest BCUT2D eigenvalue weighted by molar-refractivity contribution is -0.347. The molecule has 5 heterocycles. The highest BCUT2D eigenvalue weighted by molar-refractivity contribution is 6.10. The van der Waals surface area contributed by atoms with Crippen molar-refractivity contribution in [1.29, 1.82) is 0 Å². The zero-order valence-corrected chi connectivity index (χ0v) is 32.6. The number of anilines is 1. The molecule has 1 aromatic heterocycles. The summed E-state index contributed by atoms with van der Waals surface area (Å²) in [6, 6.07) is 7.47. The van der Waals surface area contributed by atoms with E-state index >= 15 is 0 Å². The molecule has 2 saturated heterocycles. The van der Waals surface area contributed by atoms with Crippen molar-refractivity contribution in [2.24, 2.45) is 44.8 Å². The average Bonchev–Trinajstić information content (AvgIpc) is 3.94.